The molecule has 0 aliphatic carbocycles. The van der Waals surface area contributed by atoms with Crippen molar-refractivity contribution in [2.24, 2.45) is 0 Å². The molecule has 1 N–H and O–H groups in total. The lowest BCUT2D eigenvalue weighted by molar-refractivity contribution is 0.0950. The summed E-state index contributed by atoms with van der Waals surface area (Å²) in [4.78, 5) is 20.6. The lowest BCUT2D eigenvalue weighted by Crippen LogP contribution is -2.23. The fourth-order valence-corrected chi connectivity index (χ4v) is 2.35. The number of nitrogens with zero attached hydrogens (tertiary/aromatic N) is 2. The van der Waals surface area contributed by atoms with Crippen LogP contribution in [-0.4, -0.2) is 15.9 Å². The van der Waals surface area contributed by atoms with Crippen molar-refractivity contribution in [3.05, 3.63) is 83.3 Å². The molecule has 3 aromatic rings. The van der Waals surface area contributed by atoms with Crippen LogP contribution < -0.4 is 5.32 Å². The van der Waals surface area contributed by atoms with Crippen molar-refractivity contribution in [3.8, 4) is 11.3 Å². The van der Waals surface area contributed by atoms with E-state index >= 15 is 0 Å². The van der Waals surface area contributed by atoms with Crippen LogP contribution in [0.3, 0.4) is 0 Å². The van der Waals surface area contributed by atoms with E-state index in [0.717, 1.165) is 17.0 Å². The zero-order chi connectivity index (χ0) is 16.1. The minimum atomic E-state index is -0.188. The number of carbonyl (C=O) groups excluding carboxylic acids is 1. The van der Waals surface area contributed by atoms with Gasteiger partial charge in [0, 0.05) is 16.1 Å². The van der Waals surface area contributed by atoms with Crippen LogP contribution in [0.1, 0.15) is 16.1 Å². The summed E-state index contributed by atoms with van der Waals surface area (Å²) < 4.78 is 0. The molecule has 23 heavy (non-hydrogen) atoms. The first kappa shape index (κ1) is 15.2. The van der Waals surface area contributed by atoms with Gasteiger partial charge in [-0.15, -0.1) is 0 Å². The number of amides is 1. The number of nitrogens with one attached hydrogen (secondary N) is 1. The molecular formula is C18H14ClN3O. The number of carbonyl (C=O) groups is 1. The molecule has 1 amide bonds. The quantitative estimate of drug-likeness (QED) is 0.796. The molecule has 0 saturated carbocycles. The molecule has 0 unspecified atom stereocenters. The molecule has 0 atom stereocenters. The third-order valence-corrected chi connectivity index (χ3v) is 3.55. The van der Waals surface area contributed by atoms with E-state index in [1.807, 2.05) is 36.4 Å². The maximum Gasteiger partial charge on any atom is 0.251 e. The summed E-state index contributed by atoms with van der Waals surface area (Å²) in [5, 5.41) is 3.37. The van der Waals surface area contributed by atoms with Crippen LogP contribution >= 0.6 is 11.6 Å². The summed E-state index contributed by atoms with van der Waals surface area (Å²) in [7, 11) is 0. The van der Waals surface area contributed by atoms with E-state index in [0.29, 0.717) is 17.1 Å². The third-order valence-electron chi connectivity index (χ3n) is 3.31. The van der Waals surface area contributed by atoms with Gasteiger partial charge in [0.15, 0.2) is 0 Å². The predicted octanol–water partition coefficient (Wildman–Crippen LogP) is 3.73. The van der Waals surface area contributed by atoms with E-state index in [1.54, 1.807) is 24.3 Å². The van der Waals surface area contributed by atoms with Crippen molar-refractivity contribution >= 4 is 17.5 Å². The average Bonchev–Trinajstić information content (AvgIpc) is 2.61. The second-order valence-electron chi connectivity index (χ2n) is 4.95. The minimum Gasteiger partial charge on any atom is -0.346 e. The van der Waals surface area contributed by atoms with Crippen LogP contribution in [0.5, 0.6) is 0 Å². The van der Waals surface area contributed by atoms with Gasteiger partial charge in [0.25, 0.3) is 5.91 Å². The number of rotatable bonds is 4. The Bertz CT molecular complexity index is 821. The van der Waals surface area contributed by atoms with Gasteiger partial charge in [0.05, 0.1) is 17.9 Å². The van der Waals surface area contributed by atoms with Crippen LogP contribution in [-0.2, 0) is 6.54 Å². The van der Waals surface area contributed by atoms with Crippen molar-refractivity contribution in [1.82, 2.24) is 15.3 Å². The number of aromatic nitrogens is 2. The van der Waals surface area contributed by atoms with E-state index in [9.17, 15) is 4.79 Å². The van der Waals surface area contributed by atoms with Gasteiger partial charge in [0.2, 0.25) is 0 Å². The summed E-state index contributed by atoms with van der Waals surface area (Å²) in [6, 6.07) is 18.5. The second-order valence-corrected chi connectivity index (χ2v) is 5.39. The number of benzene rings is 2. The molecule has 0 aliphatic heterocycles. The zero-order valence-corrected chi connectivity index (χ0v) is 13.0. The van der Waals surface area contributed by atoms with Crippen molar-refractivity contribution in [2.45, 2.75) is 6.54 Å². The number of halogens is 1. The Kier molecular flexibility index (Phi) is 4.64. The highest BCUT2D eigenvalue weighted by molar-refractivity contribution is 6.30. The van der Waals surface area contributed by atoms with Gasteiger partial charge in [-0.25, -0.2) is 9.97 Å². The van der Waals surface area contributed by atoms with Crippen molar-refractivity contribution in [2.75, 3.05) is 0 Å². The first-order valence-corrected chi connectivity index (χ1v) is 7.50. The topological polar surface area (TPSA) is 54.9 Å². The maximum atomic E-state index is 12.1. The molecule has 4 nitrogen and oxygen atoms in total. The van der Waals surface area contributed by atoms with E-state index in [1.165, 1.54) is 6.33 Å². The molecule has 1 heterocycles. The van der Waals surface area contributed by atoms with Crippen LogP contribution in [0.4, 0.5) is 0 Å². The van der Waals surface area contributed by atoms with Crippen molar-refractivity contribution in [1.29, 1.82) is 0 Å². The smallest absolute Gasteiger partial charge is 0.251 e. The highest BCUT2D eigenvalue weighted by Gasteiger charge is 2.07. The van der Waals surface area contributed by atoms with Gasteiger partial charge < -0.3 is 5.32 Å². The molecule has 1 aromatic heterocycles. The SMILES string of the molecule is O=C(NCc1cc(-c2ccccc2)ncn1)c1cccc(Cl)c1. The first-order valence-electron chi connectivity index (χ1n) is 7.12. The first-order chi connectivity index (χ1) is 11.2. The summed E-state index contributed by atoms with van der Waals surface area (Å²) in [5.41, 5.74) is 3.11. The Morgan fingerprint density at radius 2 is 1.83 bits per heavy atom. The lowest BCUT2D eigenvalue weighted by Gasteiger charge is -2.06. The van der Waals surface area contributed by atoms with Gasteiger partial charge in [-0.1, -0.05) is 48.0 Å². The highest BCUT2D eigenvalue weighted by Crippen LogP contribution is 2.16. The lowest BCUT2D eigenvalue weighted by atomic mass is 10.1. The van der Waals surface area contributed by atoms with Gasteiger partial charge in [-0.3, -0.25) is 4.79 Å². The molecule has 2 aromatic carbocycles. The Labute approximate surface area is 139 Å². The Hall–Kier alpha value is -2.72. The average molecular weight is 324 g/mol. The maximum absolute atomic E-state index is 12.1. The minimum absolute atomic E-state index is 0.188. The summed E-state index contributed by atoms with van der Waals surface area (Å²) >= 11 is 5.89. The summed E-state index contributed by atoms with van der Waals surface area (Å²) in [6.07, 6.45) is 1.50. The molecule has 0 aliphatic rings. The summed E-state index contributed by atoms with van der Waals surface area (Å²) in [6.45, 7) is 0.327. The molecule has 3 rings (SSSR count). The Morgan fingerprint density at radius 3 is 2.61 bits per heavy atom. The van der Waals surface area contributed by atoms with Gasteiger partial charge in [-0.05, 0) is 24.3 Å². The van der Waals surface area contributed by atoms with Crippen molar-refractivity contribution < 1.29 is 4.79 Å². The normalized spacial score (nSPS) is 10.3. The highest BCUT2D eigenvalue weighted by atomic mass is 35.5. The predicted molar refractivity (Wildman–Crippen MR) is 90.1 cm³/mol. The van der Waals surface area contributed by atoms with E-state index in [4.69, 9.17) is 11.6 Å². The van der Waals surface area contributed by atoms with E-state index in [-0.39, 0.29) is 5.91 Å². The molecule has 0 radical (unpaired) electrons. The van der Waals surface area contributed by atoms with Crippen molar-refractivity contribution in [3.63, 3.8) is 0 Å². The molecule has 0 spiro atoms. The number of hydrogen-bond acceptors (Lipinski definition) is 3. The van der Waals surface area contributed by atoms with Crippen LogP contribution in [0, 0.1) is 0 Å². The monoisotopic (exact) mass is 323 g/mol. The Balaban J connectivity index is 1.70. The van der Waals surface area contributed by atoms with Gasteiger partial charge >= 0.3 is 0 Å². The fraction of sp³-hybridized carbons (Fsp3) is 0.0556. The van der Waals surface area contributed by atoms with E-state index < -0.39 is 0 Å². The molecule has 0 bridgehead atoms. The van der Waals surface area contributed by atoms with Crippen LogP contribution in [0.25, 0.3) is 11.3 Å². The van der Waals surface area contributed by atoms with Crippen LogP contribution in [0.2, 0.25) is 5.02 Å². The van der Waals surface area contributed by atoms with Gasteiger partial charge in [-0.2, -0.15) is 0 Å². The molecular weight excluding hydrogens is 310 g/mol. The number of hydrogen-bond donors (Lipinski definition) is 1. The standard InChI is InChI=1S/C18H14ClN3O/c19-15-8-4-7-14(9-15)18(23)20-11-16-10-17(22-12-21-16)13-5-2-1-3-6-13/h1-10,12H,11H2,(H,20,23). The molecule has 114 valence electrons. The Morgan fingerprint density at radius 1 is 1.00 bits per heavy atom. The molecule has 0 fully saturated rings. The van der Waals surface area contributed by atoms with Gasteiger partial charge in [0.1, 0.15) is 6.33 Å². The van der Waals surface area contributed by atoms with E-state index in [2.05, 4.69) is 15.3 Å². The largest absolute Gasteiger partial charge is 0.346 e. The third kappa shape index (κ3) is 3.93. The fourth-order valence-electron chi connectivity index (χ4n) is 2.16. The zero-order valence-electron chi connectivity index (χ0n) is 12.2. The second kappa shape index (κ2) is 7.03. The molecule has 5 heteroatoms. The summed E-state index contributed by atoms with van der Waals surface area (Å²) in [5.74, 6) is -0.188. The molecule has 0 saturated heterocycles. The van der Waals surface area contributed by atoms with Crippen LogP contribution in [0.15, 0.2) is 67.0 Å².